The van der Waals surface area contributed by atoms with Gasteiger partial charge >= 0.3 is 0 Å². The van der Waals surface area contributed by atoms with E-state index >= 15 is 0 Å². The van der Waals surface area contributed by atoms with Crippen LogP contribution in [0.2, 0.25) is 0 Å². The molecule has 1 aromatic carbocycles. The van der Waals surface area contributed by atoms with Crippen LogP contribution in [0.3, 0.4) is 0 Å². The molecular formula is C16H22BrN3O. The summed E-state index contributed by atoms with van der Waals surface area (Å²) in [6, 6.07) is 7.87. The van der Waals surface area contributed by atoms with E-state index in [0.29, 0.717) is 6.61 Å². The predicted molar refractivity (Wildman–Crippen MR) is 88.6 cm³/mol. The van der Waals surface area contributed by atoms with Gasteiger partial charge in [-0.05, 0) is 44.2 Å². The molecule has 0 aliphatic rings. The summed E-state index contributed by atoms with van der Waals surface area (Å²) in [4.78, 5) is 0. The topological polar surface area (TPSA) is 39.1 Å². The van der Waals surface area contributed by atoms with Crippen molar-refractivity contribution in [3.05, 3.63) is 46.2 Å². The van der Waals surface area contributed by atoms with Gasteiger partial charge in [-0.3, -0.25) is 4.68 Å². The van der Waals surface area contributed by atoms with Crippen LogP contribution in [-0.4, -0.2) is 22.9 Å². The summed E-state index contributed by atoms with van der Waals surface area (Å²) in [6.07, 6.45) is 3.25. The lowest BCUT2D eigenvalue weighted by Gasteiger charge is -2.06. The van der Waals surface area contributed by atoms with Gasteiger partial charge in [0.1, 0.15) is 12.4 Å². The minimum absolute atomic E-state index is 0.616. The summed E-state index contributed by atoms with van der Waals surface area (Å²) in [6.45, 7) is 7.51. The summed E-state index contributed by atoms with van der Waals surface area (Å²) < 4.78 is 8.73. The third kappa shape index (κ3) is 5.17. The quantitative estimate of drug-likeness (QED) is 0.739. The highest BCUT2D eigenvalue weighted by molar-refractivity contribution is 9.10. The van der Waals surface area contributed by atoms with Gasteiger partial charge in [-0.1, -0.05) is 22.9 Å². The molecule has 4 nitrogen and oxygen atoms in total. The Bertz CT molecular complexity index is 551. The number of nitrogens with one attached hydrogen (secondary N) is 1. The Morgan fingerprint density at radius 3 is 2.76 bits per heavy atom. The molecule has 0 bridgehead atoms. The van der Waals surface area contributed by atoms with Crippen LogP contribution in [0.15, 0.2) is 34.9 Å². The van der Waals surface area contributed by atoms with Crippen LogP contribution in [0.5, 0.6) is 5.75 Å². The standard InChI is InChI=1S/C16H22BrN3O/c1-3-8-18-11-14-12-20(19-13(14)2)9-10-21-16-6-4-15(17)5-7-16/h4-7,12,18H,3,8-11H2,1-2H3. The van der Waals surface area contributed by atoms with E-state index in [4.69, 9.17) is 4.74 Å². The van der Waals surface area contributed by atoms with Crippen molar-refractivity contribution >= 4 is 15.9 Å². The lowest BCUT2D eigenvalue weighted by molar-refractivity contribution is 0.291. The fourth-order valence-corrected chi connectivity index (χ4v) is 2.30. The summed E-state index contributed by atoms with van der Waals surface area (Å²) in [5.41, 5.74) is 2.34. The molecule has 0 atom stereocenters. The number of hydrogen-bond acceptors (Lipinski definition) is 3. The van der Waals surface area contributed by atoms with Crippen LogP contribution in [0.25, 0.3) is 0 Å². The highest BCUT2D eigenvalue weighted by Gasteiger charge is 2.04. The van der Waals surface area contributed by atoms with Crippen LogP contribution in [-0.2, 0) is 13.1 Å². The van der Waals surface area contributed by atoms with Crippen molar-refractivity contribution in [2.24, 2.45) is 0 Å². The number of rotatable bonds is 8. The molecule has 0 aliphatic heterocycles. The van der Waals surface area contributed by atoms with Crippen molar-refractivity contribution < 1.29 is 4.74 Å². The molecule has 2 rings (SSSR count). The average molecular weight is 352 g/mol. The van der Waals surface area contributed by atoms with Crippen LogP contribution in [0, 0.1) is 6.92 Å². The van der Waals surface area contributed by atoms with Crippen LogP contribution < -0.4 is 10.1 Å². The minimum Gasteiger partial charge on any atom is -0.492 e. The molecule has 0 fully saturated rings. The van der Waals surface area contributed by atoms with Crippen molar-refractivity contribution in [1.29, 1.82) is 0 Å². The molecule has 1 N–H and O–H groups in total. The normalized spacial score (nSPS) is 10.8. The Labute approximate surface area is 134 Å². The van der Waals surface area contributed by atoms with Gasteiger partial charge < -0.3 is 10.1 Å². The predicted octanol–water partition coefficient (Wildman–Crippen LogP) is 3.53. The molecule has 0 spiro atoms. The first-order valence-electron chi connectivity index (χ1n) is 7.31. The largest absolute Gasteiger partial charge is 0.492 e. The number of nitrogens with zero attached hydrogens (tertiary/aromatic N) is 2. The second-order valence-corrected chi connectivity index (χ2v) is 5.90. The Balaban J connectivity index is 1.80. The van der Waals surface area contributed by atoms with Crippen LogP contribution >= 0.6 is 15.9 Å². The monoisotopic (exact) mass is 351 g/mol. The lowest BCUT2D eigenvalue weighted by Crippen LogP contribution is -2.14. The zero-order chi connectivity index (χ0) is 15.1. The SMILES string of the molecule is CCCNCc1cn(CCOc2ccc(Br)cc2)nc1C. The number of aromatic nitrogens is 2. The molecule has 0 amide bonds. The average Bonchev–Trinajstić information content (AvgIpc) is 2.82. The fraction of sp³-hybridized carbons (Fsp3) is 0.438. The Hall–Kier alpha value is -1.33. The van der Waals surface area contributed by atoms with Crippen molar-refractivity contribution in [2.75, 3.05) is 13.2 Å². The van der Waals surface area contributed by atoms with E-state index in [1.54, 1.807) is 0 Å². The summed E-state index contributed by atoms with van der Waals surface area (Å²) >= 11 is 3.41. The van der Waals surface area contributed by atoms with Crippen molar-refractivity contribution in [1.82, 2.24) is 15.1 Å². The number of aryl methyl sites for hydroxylation is 1. The Kier molecular flexibility index (Phi) is 6.26. The maximum Gasteiger partial charge on any atom is 0.119 e. The van der Waals surface area contributed by atoms with E-state index < -0.39 is 0 Å². The first-order valence-corrected chi connectivity index (χ1v) is 8.10. The first kappa shape index (κ1) is 16.0. The van der Waals surface area contributed by atoms with Crippen LogP contribution in [0.4, 0.5) is 0 Å². The zero-order valence-electron chi connectivity index (χ0n) is 12.6. The lowest BCUT2D eigenvalue weighted by atomic mass is 10.2. The maximum atomic E-state index is 5.72. The molecule has 21 heavy (non-hydrogen) atoms. The second-order valence-electron chi connectivity index (χ2n) is 4.98. The van der Waals surface area contributed by atoms with Crippen molar-refractivity contribution in [2.45, 2.75) is 33.4 Å². The first-order chi connectivity index (χ1) is 10.2. The molecular weight excluding hydrogens is 330 g/mol. The highest BCUT2D eigenvalue weighted by Crippen LogP contribution is 2.16. The summed E-state index contributed by atoms with van der Waals surface area (Å²) in [7, 11) is 0. The number of benzene rings is 1. The molecule has 114 valence electrons. The van der Waals surface area contributed by atoms with E-state index in [0.717, 1.165) is 42.0 Å². The maximum absolute atomic E-state index is 5.72. The molecule has 0 aliphatic carbocycles. The molecule has 1 heterocycles. The highest BCUT2D eigenvalue weighted by atomic mass is 79.9. The van der Waals surface area contributed by atoms with E-state index in [2.05, 4.69) is 46.4 Å². The number of halogens is 1. The third-order valence-corrected chi connectivity index (χ3v) is 3.72. The van der Waals surface area contributed by atoms with E-state index in [1.165, 1.54) is 5.56 Å². The molecule has 0 saturated heterocycles. The van der Waals surface area contributed by atoms with E-state index in [-0.39, 0.29) is 0 Å². The van der Waals surface area contributed by atoms with Gasteiger partial charge in [0, 0.05) is 22.8 Å². The van der Waals surface area contributed by atoms with Crippen molar-refractivity contribution in [3.63, 3.8) is 0 Å². The number of hydrogen-bond donors (Lipinski definition) is 1. The summed E-state index contributed by atoms with van der Waals surface area (Å²) in [5.74, 6) is 0.881. The Morgan fingerprint density at radius 2 is 2.05 bits per heavy atom. The summed E-state index contributed by atoms with van der Waals surface area (Å²) in [5, 5.41) is 7.93. The molecule has 0 saturated carbocycles. The van der Waals surface area contributed by atoms with Gasteiger partial charge in [0.15, 0.2) is 0 Å². The molecule has 2 aromatic rings. The van der Waals surface area contributed by atoms with Gasteiger partial charge in [0.25, 0.3) is 0 Å². The van der Waals surface area contributed by atoms with Gasteiger partial charge in [0.05, 0.1) is 12.2 Å². The van der Waals surface area contributed by atoms with E-state index in [9.17, 15) is 0 Å². The zero-order valence-corrected chi connectivity index (χ0v) is 14.2. The number of ether oxygens (including phenoxy) is 1. The van der Waals surface area contributed by atoms with Crippen LogP contribution in [0.1, 0.15) is 24.6 Å². The third-order valence-electron chi connectivity index (χ3n) is 3.19. The molecule has 0 radical (unpaired) electrons. The minimum atomic E-state index is 0.616. The smallest absolute Gasteiger partial charge is 0.119 e. The van der Waals surface area contributed by atoms with Crippen molar-refractivity contribution in [3.8, 4) is 5.75 Å². The Morgan fingerprint density at radius 1 is 1.29 bits per heavy atom. The van der Waals surface area contributed by atoms with Gasteiger partial charge in [0.2, 0.25) is 0 Å². The van der Waals surface area contributed by atoms with Gasteiger partial charge in [-0.15, -0.1) is 0 Å². The van der Waals surface area contributed by atoms with E-state index in [1.807, 2.05) is 28.9 Å². The van der Waals surface area contributed by atoms with Gasteiger partial charge in [-0.25, -0.2) is 0 Å². The fourth-order valence-electron chi connectivity index (χ4n) is 2.03. The molecule has 0 unspecified atom stereocenters. The molecule has 5 heteroatoms. The van der Waals surface area contributed by atoms with Gasteiger partial charge in [-0.2, -0.15) is 5.10 Å². The molecule has 1 aromatic heterocycles. The second kappa shape index (κ2) is 8.20.